The molecule has 0 radical (unpaired) electrons. The van der Waals surface area contributed by atoms with E-state index in [0.29, 0.717) is 44.5 Å². The van der Waals surface area contributed by atoms with Crippen molar-refractivity contribution in [3.63, 3.8) is 0 Å². The van der Waals surface area contributed by atoms with E-state index in [1.807, 2.05) is 0 Å². The Morgan fingerprint density at radius 3 is 2.89 bits per heavy atom. The first-order chi connectivity index (χ1) is 9.18. The molecule has 5 nitrogen and oxygen atoms in total. The van der Waals surface area contributed by atoms with Gasteiger partial charge in [0.15, 0.2) is 0 Å². The maximum Gasteiger partial charge on any atom is 0.345 e. The first-order valence-electron chi connectivity index (χ1n) is 6.68. The molecule has 2 atom stereocenters. The Morgan fingerprint density at radius 1 is 1.47 bits per heavy atom. The molecule has 0 aromatic carbocycles. The lowest BCUT2D eigenvalue weighted by Crippen LogP contribution is -2.45. The molecule has 0 bridgehead atoms. The van der Waals surface area contributed by atoms with Gasteiger partial charge in [0.2, 0.25) is 0 Å². The molecular weight excluding hydrogens is 310 g/mol. The number of hydrogen-bond donors (Lipinski definition) is 1. The van der Waals surface area contributed by atoms with Gasteiger partial charge in [-0.25, -0.2) is 5.09 Å². The summed E-state index contributed by atoms with van der Waals surface area (Å²) in [4.78, 5) is 0. The molecule has 1 aliphatic heterocycles. The molecule has 1 heterocycles. The molecule has 1 fully saturated rings. The fourth-order valence-electron chi connectivity index (χ4n) is 1.89. The molecule has 19 heavy (non-hydrogen) atoms. The number of halogens is 2. The minimum absolute atomic E-state index is 0.201. The predicted molar refractivity (Wildman–Crippen MR) is 79.0 cm³/mol. The molecule has 0 aromatic heterocycles. The summed E-state index contributed by atoms with van der Waals surface area (Å²) in [7, 11) is -3.07. The van der Waals surface area contributed by atoms with Gasteiger partial charge in [-0.1, -0.05) is 13.3 Å². The third-order valence-electron chi connectivity index (χ3n) is 2.83. The van der Waals surface area contributed by atoms with Crippen molar-refractivity contribution in [2.24, 2.45) is 0 Å². The van der Waals surface area contributed by atoms with Crippen molar-refractivity contribution < 1.29 is 13.8 Å². The van der Waals surface area contributed by atoms with Crippen molar-refractivity contribution >= 4 is 30.9 Å². The van der Waals surface area contributed by atoms with Crippen molar-refractivity contribution in [1.29, 1.82) is 0 Å². The molecule has 0 aliphatic carbocycles. The van der Waals surface area contributed by atoms with E-state index in [0.717, 1.165) is 12.8 Å². The Labute approximate surface area is 125 Å². The minimum Gasteiger partial charge on any atom is -0.363 e. The highest BCUT2D eigenvalue weighted by Gasteiger charge is 2.40. The van der Waals surface area contributed by atoms with Crippen LogP contribution in [0.2, 0.25) is 0 Å². The zero-order valence-electron chi connectivity index (χ0n) is 11.3. The highest BCUT2D eigenvalue weighted by atomic mass is 35.5. The van der Waals surface area contributed by atoms with Crippen molar-refractivity contribution in [3.8, 4) is 0 Å². The average Bonchev–Trinajstić information content (AvgIpc) is 2.41. The molecule has 1 saturated heterocycles. The van der Waals surface area contributed by atoms with Gasteiger partial charge in [-0.3, -0.25) is 4.57 Å². The zero-order chi connectivity index (χ0) is 14.1. The topological polar surface area (TPSA) is 50.8 Å². The Bertz CT molecular complexity index is 297. The van der Waals surface area contributed by atoms with Crippen LogP contribution in [0.15, 0.2) is 0 Å². The Hall–Kier alpha value is 0.650. The number of unbranched alkanes of at least 4 members (excludes halogenated alkanes) is 1. The number of ether oxygens (including phenoxy) is 1. The summed E-state index contributed by atoms with van der Waals surface area (Å²) in [6.07, 6.45) is 2.56. The highest BCUT2D eigenvalue weighted by molar-refractivity contribution is 7.54. The number of hydrogen-bond acceptors (Lipinski definition) is 3. The monoisotopic (exact) mass is 332 g/mol. The zero-order valence-corrected chi connectivity index (χ0v) is 13.7. The van der Waals surface area contributed by atoms with E-state index >= 15 is 0 Å². The smallest absolute Gasteiger partial charge is 0.345 e. The van der Waals surface area contributed by atoms with Crippen molar-refractivity contribution in [3.05, 3.63) is 0 Å². The van der Waals surface area contributed by atoms with Gasteiger partial charge in [-0.05, 0) is 6.42 Å². The van der Waals surface area contributed by atoms with Crippen LogP contribution in [0.3, 0.4) is 0 Å². The third-order valence-corrected chi connectivity index (χ3v) is 5.48. The molecule has 0 aromatic rings. The van der Waals surface area contributed by atoms with Gasteiger partial charge in [-0.2, -0.15) is 4.67 Å². The number of alkyl halides is 2. The van der Waals surface area contributed by atoms with Gasteiger partial charge in [0.1, 0.15) is 6.23 Å². The molecule has 0 amide bonds. The van der Waals surface area contributed by atoms with Gasteiger partial charge in [0, 0.05) is 37.9 Å². The fraction of sp³-hybridized carbons (Fsp3) is 1.00. The van der Waals surface area contributed by atoms with E-state index in [-0.39, 0.29) is 6.23 Å². The van der Waals surface area contributed by atoms with Gasteiger partial charge >= 0.3 is 7.67 Å². The highest BCUT2D eigenvalue weighted by Crippen LogP contribution is 2.51. The maximum atomic E-state index is 12.8. The summed E-state index contributed by atoms with van der Waals surface area (Å²) in [5.41, 5.74) is 0. The van der Waals surface area contributed by atoms with Crippen LogP contribution in [0.1, 0.15) is 26.2 Å². The van der Waals surface area contributed by atoms with Crippen LogP contribution < -0.4 is 5.09 Å². The summed E-state index contributed by atoms with van der Waals surface area (Å²) < 4.78 is 25.7. The molecule has 2 unspecified atom stereocenters. The SMILES string of the molecule is CCCCOC1CCOP(=O)(NCCCl)N1CCCl. The van der Waals surface area contributed by atoms with E-state index in [1.165, 1.54) is 0 Å². The molecule has 0 spiro atoms. The Balaban J connectivity index is 2.65. The van der Waals surface area contributed by atoms with Gasteiger partial charge in [0.05, 0.1) is 6.61 Å². The van der Waals surface area contributed by atoms with Crippen LogP contribution in [-0.4, -0.2) is 49.0 Å². The summed E-state index contributed by atoms with van der Waals surface area (Å²) in [5, 5.41) is 2.89. The Kier molecular flexibility index (Phi) is 8.91. The average molecular weight is 333 g/mol. The van der Waals surface area contributed by atoms with Gasteiger partial charge in [0.25, 0.3) is 0 Å². The quantitative estimate of drug-likeness (QED) is 0.399. The second-order valence-electron chi connectivity index (χ2n) is 4.27. The largest absolute Gasteiger partial charge is 0.363 e. The summed E-state index contributed by atoms with van der Waals surface area (Å²) in [6, 6.07) is 0. The van der Waals surface area contributed by atoms with Crippen molar-refractivity contribution in [1.82, 2.24) is 9.76 Å². The molecule has 1 N–H and O–H groups in total. The molecule has 0 saturated carbocycles. The number of nitrogens with one attached hydrogen (secondary N) is 1. The molecule has 1 aliphatic rings. The van der Waals surface area contributed by atoms with E-state index < -0.39 is 7.67 Å². The van der Waals surface area contributed by atoms with Gasteiger partial charge < -0.3 is 9.26 Å². The van der Waals surface area contributed by atoms with Crippen LogP contribution >= 0.6 is 30.9 Å². The maximum absolute atomic E-state index is 12.8. The van der Waals surface area contributed by atoms with Crippen LogP contribution in [-0.2, 0) is 13.8 Å². The third kappa shape index (κ3) is 5.50. The normalized spacial score (nSPS) is 28.7. The summed E-state index contributed by atoms with van der Waals surface area (Å²) in [5.74, 6) is 0.757. The number of nitrogens with zero attached hydrogens (tertiary/aromatic N) is 1. The minimum atomic E-state index is -3.07. The fourth-order valence-corrected chi connectivity index (χ4v) is 4.46. The van der Waals surface area contributed by atoms with Gasteiger partial charge in [-0.15, -0.1) is 23.2 Å². The Morgan fingerprint density at radius 2 is 2.26 bits per heavy atom. The molecule has 114 valence electrons. The number of rotatable bonds is 9. The van der Waals surface area contributed by atoms with E-state index in [9.17, 15) is 4.57 Å². The van der Waals surface area contributed by atoms with Crippen molar-refractivity contribution in [2.75, 3.05) is 38.1 Å². The second-order valence-corrected chi connectivity index (χ2v) is 7.16. The van der Waals surface area contributed by atoms with Crippen LogP contribution in [0.25, 0.3) is 0 Å². The second kappa shape index (κ2) is 9.56. The standard InChI is InChI=1S/C11H23Cl2N2O3P/c1-2-3-9-17-11-4-10-18-19(16,14-7-5-12)15(11)8-6-13/h11H,2-10H2,1H3,(H,14,16). The lowest BCUT2D eigenvalue weighted by atomic mass is 10.3. The molecule has 8 heteroatoms. The summed E-state index contributed by atoms with van der Waals surface area (Å²) >= 11 is 11.4. The molecule has 1 rings (SSSR count). The lowest BCUT2D eigenvalue weighted by Gasteiger charge is -2.40. The van der Waals surface area contributed by atoms with E-state index in [2.05, 4.69) is 12.0 Å². The van der Waals surface area contributed by atoms with E-state index in [4.69, 9.17) is 32.5 Å². The van der Waals surface area contributed by atoms with Crippen molar-refractivity contribution in [2.45, 2.75) is 32.4 Å². The van der Waals surface area contributed by atoms with Crippen LogP contribution in [0.4, 0.5) is 0 Å². The first kappa shape index (κ1) is 17.7. The van der Waals surface area contributed by atoms with Crippen LogP contribution in [0.5, 0.6) is 0 Å². The predicted octanol–water partition coefficient (Wildman–Crippen LogP) is 3.03. The lowest BCUT2D eigenvalue weighted by molar-refractivity contribution is -0.0542. The summed E-state index contributed by atoms with van der Waals surface area (Å²) in [6.45, 7) is 4.08. The van der Waals surface area contributed by atoms with E-state index in [1.54, 1.807) is 4.67 Å². The first-order valence-corrected chi connectivity index (χ1v) is 9.33. The van der Waals surface area contributed by atoms with Crippen LogP contribution in [0, 0.1) is 0 Å². The molecular formula is C11H23Cl2N2O3P.